The third kappa shape index (κ3) is 4.44. The van der Waals surface area contributed by atoms with Crippen LogP contribution in [0.4, 0.5) is 0 Å². The molecule has 0 spiro atoms. The van der Waals surface area contributed by atoms with Crippen molar-refractivity contribution in [2.75, 3.05) is 0 Å². The van der Waals surface area contributed by atoms with E-state index in [0.717, 1.165) is 93.4 Å². The van der Waals surface area contributed by atoms with Crippen LogP contribution in [0.2, 0.25) is 0 Å². The van der Waals surface area contributed by atoms with Gasteiger partial charge < -0.3 is 8.83 Å². The molecule has 4 heterocycles. The quantitative estimate of drug-likeness (QED) is 0.186. The second-order valence-electron chi connectivity index (χ2n) is 13.0. The van der Waals surface area contributed by atoms with Gasteiger partial charge in [-0.1, -0.05) is 103 Å². The van der Waals surface area contributed by atoms with Gasteiger partial charge in [-0.05, 0) is 64.4 Å². The summed E-state index contributed by atoms with van der Waals surface area (Å²) < 4.78 is 12.8. The number of furan rings is 2. The molecular weight excluding hydrogens is 641 g/mol. The molecule has 0 aliphatic carbocycles. The molecule has 6 heteroatoms. The van der Waals surface area contributed by atoms with Crippen LogP contribution in [-0.4, -0.2) is 19.9 Å². The first kappa shape index (κ1) is 28.6. The molecule has 0 aliphatic heterocycles. The molecule has 0 bridgehead atoms. The standard InChI is InChI=1S/C46H26N4O2/c1-2-11-27(12-3-1)44-48-45(33-18-9-21-40-43(33)32-16-6-7-19-38(32)51-40)50-46(49-44)35-24-29-14-5-4-13-28(29)23-34(35)31-17-8-20-39-42(31)36-25-30-15-10-22-47-37(30)26-41(36)52-39/h1-26H. The van der Waals surface area contributed by atoms with E-state index < -0.39 is 0 Å². The zero-order valence-electron chi connectivity index (χ0n) is 27.6. The Morgan fingerprint density at radius 2 is 0.981 bits per heavy atom. The number of pyridine rings is 1. The first-order valence-electron chi connectivity index (χ1n) is 17.2. The lowest BCUT2D eigenvalue weighted by molar-refractivity contribution is 0.668. The summed E-state index contributed by atoms with van der Waals surface area (Å²) in [6.45, 7) is 0. The van der Waals surface area contributed by atoms with E-state index in [1.165, 1.54) is 0 Å². The van der Waals surface area contributed by atoms with Crippen LogP contribution < -0.4 is 0 Å². The Balaban J connectivity index is 1.23. The van der Waals surface area contributed by atoms with Crippen molar-refractivity contribution in [3.63, 3.8) is 0 Å². The molecule has 0 fully saturated rings. The SMILES string of the molecule is c1ccc(-c2nc(-c3cc4ccccc4cc3-c3cccc4oc5cc6ncccc6cc5c34)nc(-c3cccc4oc5ccccc5c34)n2)cc1. The van der Waals surface area contributed by atoms with E-state index in [9.17, 15) is 0 Å². The van der Waals surface area contributed by atoms with Crippen molar-refractivity contribution in [1.29, 1.82) is 0 Å². The summed E-state index contributed by atoms with van der Waals surface area (Å²) in [4.78, 5) is 20.2. The first-order valence-corrected chi connectivity index (χ1v) is 17.2. The van der Waals surface area contributed by atoms with E-state index >= 15 is 0 Å². The molecule has 0 amide bonds. The Bertz CT molecular complexity index is 3200. The molecule has 0 radical (unpaired) electrons. The van der Waals surface area contributed by atoms with Crippen molar-refractivity contribution in [2.45, 2.75) is 0 Å². The average molecular weight is 667 g/mol. The summed E-state index contributed by atoms with van der Waals surface area (Å²) >= 11 is 0. The topological polar surface area (TPSA) is 77.8 Å². The van der Waals surface area contributed by atoms with Crippen molar-refractivity contribution >= 4 is 65.6 Å². The summed E-state index contributed by atoms with van der Waals surface area (Å²) in [5.41, 5.74) is 8.83. The summed E-state index contributed by atoms with van der Waals surface area (Å²) in [5.74, 6) is 1.75. The molecule has 11 aromatic rings. The van der Waals surface area contributed by atoms with E-state index in [1.807, 2.05) is 85.1 Å². The van der Waals surface area contributed by atoms with Gasteiger partial charge in [0.25, 0.3) is 0 Å². The Hall–Kier alpha value is -7.18. The van der Waals surface area contributed by atoms with Crippen molar-refractivity contribution < 1.29 is 8.83 Å². The van der Waals surface area contributed by atoms with Gasteiger partial charge in [0.1, 0.15) is 22.3 Å². The molecule has 7 aromatic carbocycles. The number of nitrogens with zero attached hydrogens (tertiary/aromatic N) is 4. The van der Waals surface area contributed by atoms with Gasteiger partial charge in [0.2, 0.25) is 0 Å². The Labute approximate surface area is 296 Å². The fourth-order valence-electron chi connectivity index (χ4n) is 7.56. The van der Waals surface area contributed by atoms with Gasteiger partial charge in [-0.25, -0.2) is 15.0 Å². The summed E-state index contributed by atoms with van der Waals surface area (Å²) in [6.07, 6.45) is 1.81. The minimum Gasteiger partial charge on any atom is -0.456 e. The Morgan fingerprint density at radius 1 is 0.365 bits per heavy atom. The maximum Gasteiger partial charge on any atom is 0.164 e. The minimum atomic E-state index is 0.575. The molecule has 6 nitrogen and oxygen atoms in total. The van der Waals surface area contributed by atoms with Crippen LogP contribution in [0.5, 0.6) is 0 Å². The van der Waals surface area contributed by atoms with Crippen LogP contribution in [-0.2, 0) is 0 Å². The van der Waals surface area contributed by atoms with Crippen LogP contribution in [0, 0.1) is 0 Å². The monoisotopic (exact) mass is 666 g/mol. The molecule has 52 heavy (non-hydrogen) atoms. The third-order valence-electron chi connectivity index (χ3n) is 9.95. The second-order valence-corrected chi connectivity index (χ2v) is 13.0. The van der Waals surface area contributed by atoms with Gasteiger partial charge in [0, 0.05) is 55.9 Å². The number of aromatic nitrogens is 4. The largest absolute Gasteiger partial charge is 0.456 e. The van der Waals surface area contributed by atoms with Gasteiger partial charge in [0.15, 0.2) is 17.5 Å². The fraction of sp³-hybridized carbons (Fsp3) is 0. The highest BCUT2D eigenvalue weighted by Gasteiger charge is 2.22. The predicted octanol–water partition coefficient (Wildman–Crippen LogP) is 12.0. The molecular formula is C46H26N4O2. The zero-order valence-corrected chi connectivity index (χ0v) is 27.6. The maximum absolute atomic E-state index is 6.49. The van der Waals surface area contributed by atoms with E-state index in [1.54, 1.807) is 0 Å². The Kier molecular flexibility index (Phi) is 6.15. The molecule has 0 saturated carbocycles. The lowest BCUT2D eigenvalue weighted by Gasteiger charge is -2.15. The number of hydrogen-bond donors (Lipinski definition) is 0. The molecule has 4 aromatic heterocycles. The van der Waals surface area contributed by atoms with E-state index in [4.69, 9.17) is 23.8 Å². The number of benzene rings is 7. The van der Waals surface area contributed by atoms with Gasteiger partial charge >= 0.3 is 0 Å². The molecule has 0 saturated heterocycles. The van der Waals surface area contributed by atoms with Crippen LogP contribution in [0.15, 0.2) is 167 Å². The van der Waals surface area contributed by atoms with Crippen LogP contribution in [0.1, 0.15) is 0 Å². The van der Waals surface area contributed by atoms with Crippen LogP contribution in [0.25, 0.3) is 111 Å². The van der Waals surface area contributed by atoms with Crippen molar-refractivity contribution in [3.05, 3.63) is 158 Å². The Morgan fingerprint density at radius 3 is 1.81 bits per heavy atom. The fourth-order valence-corrected chi connectivity index (χ4v) is 7.56. The molecule has 0 unspecified atom stereocenters. The highest BCUT2D eigenvalue weighted by Crippen LogP contribution is 2.43. The summed E-state index contributed by atoms with van der Waals surface area (Å²) in [7, 11) is 0. The van der Waals surface area contributed by atoms with E-state index in [-0.39, 0.29) is 0 Å². The van der Waals surface area contributed by atoms with Crippen molar-refractivity contribution in [1.82, 2.24) is 19.9 Å². The second kappa shape index (κ2) is 11.2. The molecule has 0 aliphatic rings. The van der Waals surface area contributed by atoms with Crippen molar-refractivity contribution in [3.8, 4) is 45.3 Å². The van der Waals surface area contributed by atoms with Gasteiger partial charge in [-0.15, -0.1) is 0 Å². The number of para-hydroxylation sites is 1. The molecule has 0 atom stereocenters. The first-order chi connectivity index (χ1) is 25.7. The predicted molar refractivity (Wildman–Crippen MR) is 209 cm³/mol. The lowest BCUT2D eigenvalue weighted by Crippen LogP contribution is -2.01. The highest BCUT2D eigenvalue weighted by molar-refractivity contribution is 6.17. The molecule has 242 valence electrons. The third-order valence-corrected chi connectivity index (χ3v) is 9.95. The lowest BCUT2D eigenvalue weighted by atomic mass is 9.92. The molecule has 11 rings (SSSR count). The number of fused-ring (bicyclic) bond motifs is 8. The van der Waals surface area contributed by atoms with Gasteiger partial charge in [-0.2, -0.15) is 0 Å². The number of rotatable bonds is 4. The summed E-state index contributed by atoms with van der Waals surface area (Å²) in [6, 6.07) is 51.6. The van der Waals surface area contributed by atoms with E-state index in [0.29, 0.717) is 17.5 Å². The molecule has 0 N–H and O–H groups in total. The average Bonchev–Trinajstić information content (AvgIpc) is 3.77. The number of hydrogen-bond acceptors (Lipinski definition) is 6. The van der Waals surface area contributed by atoms with Crippen LogP contribution in [0.3, 0.4) is 0 Å². The van der Waals surface area contributed by atoms with Crippen LogP contribution >= 0.6 is 0 Å². The van der Waals surface area contributed by atoms with E-state index in [2.05, 4.69) is 77.8 Å². The summed E-state index contributed by atoms with van der Waals surface area (Å²) in [5, 5.41) is 7.33. The van der Waals surface area contributed by atoms with Gasteiger partial charge in [-0.3, -0.25) is 4.98 Å². The highest BCUT2D eigenvalue weighted by atomic mass is 16.3. The smallest absolute Gasteiger partial charge is 0.164 e. The maximum atomic E-state index is 6.49. The minimum absolute atomic E-state index is 0.575. The normalized spacial score (nSPS) is 11.8. The van der Waals surface area contributed by atoms with Crippen molar-refractivity contribution in [2.24, 2.45) is 0 Å². The zero-order chi connectivity index (χ0) is 34.2. The van der Waals surface area contributed by atoms with Gasteiger partial charge in [0.05, 0.1) is 5.52 Å².